The summed E-state index contributed by atoms with van der Waals surface area (Å²) in [7, 11) is 0. The van der Waals surface area contributed by atoms with Crippen LogP contribution in [-0.4, -0.2) is 43.5 Å². The van der Waals surface area contributed by atoms with E-state index in [4.69, 9.17) is 4.74 Å². The highest BCUT2D eigenvalue weighted by atomic mass is 16.5. The molecule has 2 aromatic carbocycles. The maximum Gasteiger partial charge on any atom is 0.159 e. The Labute approximate surface area is 143 Å². The second-order valence-electron chi connectivity index (χ2n) is 5.90. The van der Waals surface area contributed by atoms with Crippen LogP contribution < -0.4 is 0 Å². The van der Waals surface area contributed by atoms with E-state index in [1.165, 1.54) is 0 Å². The van der Waals surface area contributed by atoms with Gasteiger partial charge in [0.25, 0.3) is 0 Å². The van der Waals surface area contributed by atoms with E-state index in [1.807, 2.05) is 36.4 Å². The number of carbonyl (C=O) groups is 1. The molecule has 24 heavy (non-hydrogen) atoms. The summed E-state index contributed by atoms with van der Waals surface area (Å²) in [4.78, 5) is 13.6. The fourth-order valence-corrected chi connectivity index (χ4v) is 2.66. The minimum Gasteiger partial charge on any atom is -0.379 e. The minimum atomic E-state index is 0.0902. The van der Waals surface area contributed by atoms with Gasteiger partial charge >= 0.3 is 0 Å². The summed E-state index contributed by atoms with van der Waals surface area (Å²) in [6.07, 6.45) is 0. The number of hydrogen-bond donors (Lipinski definition) is 0. The Balaban J connectivity index is 1.63. The van der Waals surface area contributed by atoms with Crippen LogP contribution in [0.1, 0.15) is 22.8 Å². The van der Waals surface area contributed by atoms with Gasteiger partial charge in [0.2, 0.25) is 0 Å². The number of hydrogen-bond acceptors (Lipinski definition) is 3. The largest absolute Gasteiger partial charge is 0.379 e. The Hall–Kier alpha value is -2.41. The second-order valence-corrected chi connectivity index (χ2v) is 5.90. The number of Topliss-reactive ketones (excluding diaryl/α,β-unsaturated/α-hetero) is 1. The van der Waals surface area contributed by atoms with Gasteiger partial charge in [-0.2, -0.15) is 0 Å². The van der Waals surface area contributed by atoms with Crippen LogP contribution in [0.15, 0.2) is 48.5 Å². The van der Waals surface area contributed by atoms with Crippen molar-refractivity contribution in [3.05, 3.63) is 59.7 Å². The third kappa shape index (κ3) is 4.32. The maximum atomic E-state index is 11.3. The summed E-state index contributed by atoms with van der Waals surface area (Å²) < 4.78 is 5.33. The van der Waals surface area contributed by atoms with E-state index in [-0.39, 0.29) is 5.78 Å². The lowest BCUT2D eigenvalue weighted by Gasteiger charge is -2.24. The molecule has 1 aliphatic heterocycles. The van der Waals surface area contributed by atoms with Crippen LogP contribution in [0.3, 0.4) is 0 Å². The van der Waals surface area contributed by atoms with Gasteiger partial charge in [-0.05, 0) is 30.2 Å². The molecule has 0 radical (unpaired) electrons. The van der Waals surface area contributed by atoms with Crippen LogP contribution >= 0.6 is 0 Å². The molecule has 3 heteroatoms. The number of ketones is 1. The Morgan fingerprint density at radius 1 is 1.00 bits per heavy atom. The first-order chi connectivity index (χ1) is 11.7. The summed E-state index contributed by atoms with van der Waals surface area (Å²) in [5.41, 5.74) is 3.99. The van der Waals surface area contributed by atoms with Crippen molar-refractivity contribution in [1.82, 2.24) is 4.90 Å². The van der Waals surface area contributed by atoms with Crippen molar-refractivity contribution >= 4 is 5.78 Å². The summed E-state index contributed by atoms with van der Waals surface area (Å²) in [6.45, 7) is 5.91. The molecule has 3 rings (SSSR count). The van der Waals surface area contributed by atoms with Gasteiger partial charge in [0, 0.05) is 24.2 Å². The van der Waals surface area contributed by atoms with Gasteiger partial charge in [0.1, 0.15) is 0 Å². The van der Waals surface area contributed by atoms with Gasteiger partial charge in [-0.25, -0.2) is 0 Å². The first-order valence-corrected chi connectivity index (χ1v) is 8.23. The van der Waals surface area contributed by atoms with E-state index in [9.17, 15) is 4.79 Å². The molecular weight excluding hydrogens is 298 g/mol. The van der Waals surface area contributed by atoms with E-state index in [0.29, 0.717) is 0 Å². The quantitative estimate of drug-likeness (QED) is 0.642. The zero-order valence-electron chi connectivity index (χ0n) is 13.9. The standard InChI is InChI=1S/C21H21NO2/c1-17(23)19-8-10-21(11-9-19)20-6-4-18(5-7-20)3-2-12-22-13-15-24-16-14-22/h4-11H,12-16H2,1H3. The van der Waals surface area contributed by atoms with Crippen molar-refractivity contribution in [3.63, 3.8) is 0 Å². The molecule has 0 saturated carbocycles. The summed E-state index contributed by atoms with van der Waals surface area (Å²) >= 11 is 0. The number of morpholine rings is 1. The van der Waals surface area contributed by atoms with Crippen molar-refractivity contribution in [2.24, 2.45) is 0 Å². The van der Waals surface area contributed by atoms with Crippen LogP contribution in [0.2, 0.25) is 0 Å². The van der Waals surface area contributed by atoms with Crippen molar-refractivity contribution in [2.45, 2.75) is 6.92 Å². The van der Waals surface area contributed by atoms with Crippen molar-refractivity contribution in [1.29, 1.82) is 0 Å². The lowest BCUT2D eigenvalue weighted by atomic mass is 10.0. The molecule has 0 atom stereocenters. The van der Waals surface area contributed by atoms with Gasteiger partial charge in [-0.3, -0.25) is 9.69 Å². The first-order valence-electron chi connectivity index (χ1n) is 8.23. The molecule has 1 aliphatic rings. The van der Waals surface area contributed by atoms with Crippen molar-refractivity contribution in [3.8, 4) is 23.0 Å². The molecule has 3 nitrogen and oxygen atoms in total. The molecule has 0 unspecified atom stereocenters. The number of carbonyl (C=O) groups excluding carboxylic acids is 1. The molecular formula is C21H21NO2. The predicted molar refractivity (Wildman–Crippen MR) is 96.0 cm³/mol. The van der Waals surface area contributed by atoms with Crippen LogP contribution in [0.25, 0.3) is 11.1 Å². The molecule has 0 N–H and O–H groups in total. The lowest BCUT2D eigenvalue weighted by Crippen LogP contribution is -2.36. The lowest BCUT2D eigenvalue weighted by molar-refractivity contribution is 0.0443. The van der Waals surface area contributed by atoms with Crippen LogP contribution in [0, 0.1) is 11.8 Å². The van der Waals surface area contributed by atoms with Crippen LogP contribution in [0.4, 0.5) is 0 Å². The van der Waals surface area contributed by atoms with E-state index in [0.717, 1.165) is 55.1 Å². The monoisotopic (exact) mass is 319 g/mol. The number of benzene rings is 2. The molecule has 0 spiro atoms. The van der Waals surface area contributed by atoms with Crippen molar-refractivity contribution in [2.75, 3.05) is 32.8 Å². The SMILES string of the molecule is CC(=O)c1ccc(-c2ccc(C#CCN3CCOCC3)cc2)cc1. The Morgan fingerprint density at radius 3 is 2.17 bits per heavy atom. The average molecular weight is 319 g/mol. The predicted octanol–water partition coefficient (Wildman–Crippen LogP) is 3.24. The Bertz CT molecular complexity index is 745. The third-order valence-corrected chi connectivity index (χ3v) is 4.15. The van der Waals surface area contributed by atoms with E-state index in [2.05, 4.69) is 28.9 Å². The van der Waals surface area contributed by atoms with E-state index in [1.54, 1.807) is 6.92 Å². The van der Waals surface area contributed by atoms with Crippen molar-refractivity contribution < 1.29 is 9.53 Å². The van der Waals surface area contributed by atoms with Crippen LogP contribution in [0.5, 0.6) is 0 Å². The molecule has 1 heterocycles. The van der Waals surface area contributed by atoms with Gasteiger partial charge in [-0.1, -0.05) is 48.2 Å². The molecule has 0 aromatic heterocycles. The highest BCUT2D eigenvalue weighted by Gasteiger charge is 2.07. The summed E-state index contributed by atoms with van der Waals surface area (Å²) in [5.74, 6) is 6.54. The molecule has 0 amide bonds. The normalized spacial score (nSPS) is 14.7. The van der Waals surface area contributed by atoms with E-state index >= 15 is 0 Å². The van der Waals surface area contributed by atoms with Gasteiger partial charge < -0.3 is 4.74 Å². The fourth-order valence-electron chi connectivity index (χ4n) is 2.66. The molecule has 1 fully saturated rings. The minimum absolute atomic E-state index is 0.0902. The molecule has 122 valence electrons. The first kappa shape index (κ1) is 16.4. The zero-order valence-corrected chi connectivity index (χ0v) is 13.9. The number of rotatable bonds is 3. The topological polar surface area (TPSA) is 29.5 Å². The fraction of sp³-hybridized carbons (Fsp3) is 0.286. The average Bonchev–Trinajstić information content (AvgIpc) is 2.63. The second kappa shape index (κ2) is 7.92. The van der Waals surface area contributed by atoms with Gasteiger partial charge in [0.15, 0.2) is 5.78 Å². The molecule has 0 bridgehead atoms. The van der Waals surface area contributed by atoms with E-state index < -0.39 is 0 Å². The number of ether oxygens (including phenoxy) is 1. The Kier molecular flexibility index (Phi) is 5.43. The molecule has 0 aliphatic carbocycles. The highest BCUT2D eigenvalue weighted by molar-refractivity contribution is 5.94. The molecule has 2 aromatic rings. The maximum absolute atomic E-state index is 11.3. The zero-order chi connectivity index (χ0) is 16.8. The van der Waals surface area contributed by atoms with Gasteiger partial charge in [0.05, 0.1) is 19.8 Å². The Morgan fingerprint density at radius 2 is 1.58 bits per heavy atom. The highest BCUT2D eigenvalue weighted by Crippen LogP contribution is 2.20. The van der Waals surface area contributed by atoms with Gasteiger partial charge in [-0.15, -0.1) is 0 Å². The number of nitrogens with zero attached hydrogens (tertiary/aromatic N) is 1. The molecule has 1 saturated heterocycles. The van der Waals surface area contributed by atoms with Crippen LogP contribution in [-0.2, 0) is 4.74 Å². The smallest absolute Gasteiger partial charge is 0.159 e. The summed E-state index contributed by atoms with van der Waals surface area (Å²) in [6, 6.07) is 15.9. The summed E-state index contributed by atoms with van der Waals surface area (Å²) in [5, 5.41) is 0. The third-order valence-electron chi connectivity index (χ3n) is 4.15.